The van der Waals surface area contributed by atoms with E-state index < -0.39 is 212 Å². The van der Waals surface area contributed by atoms with E-state index in [-0.39, 0.29) is 115 Å². The molecule has 0 radical (unpaired) electrons. The predicted molar refractivity (Wildman–Crippen MR) is 368 cm³/mol. The number of hydrogen-bond acceptors (Lipinski definition) is 12. The van der Waals surface area contributed by atoms with E-state index in [1.54, 1.807) is 39.8 Å². The number of alkyl halides is 8. The van der Waals surface area contributed by atoms with Gasteiger partial charge in [-0.25, -0.2) is 8.78 Å². The Hall–Kier alpha value is -6.69. The van der Waals surface area contributed by atoms with E-state index in [9.17, 15) is 50.3 Å². The third-order valence-corrected chi connectivity index (χ3v) is 23.5. The van der Waals surface area contributed by atoms with Crippen LogP contribution in [0.15, 0.2) is 12.2 Å². The Balaban J connectivity index is 1.29. The largest absolute Gasteiger partial charge is 0.397 e. The number of halogens is 8. The summed E-state index contributed by atoms with van der Waals surface area (Å²) in [7, 11) is 8.39. The maximum atomic E-state index is 15.5. The Morgan fingerprint density at radius 3 is 1.81 bits per heavy atom. The molecule has 0 aromatic rings. The van der Waals surface area contributed by atoms with E-state index in [2.05, 4.69) is 16.0 Å². The molecule has 588 valence electrons. The Bertz CT molecular complexity index is 3060. The van der Waals surface area contributed by atoms with Gasteiger partial charge >= 0.3 is 12.4 Å². The van der Waals surface area contributed by atoms with Crippen molar-refractivity contribution in [3.05, 3.63) is 12.2 Å². The maximum Gasteiger partial charge on any atom is 0.397 e. The molecule has 4 saturated carbocycles. The topological polar surface area (TPSA) is 259 Å². The van der Waals surface area contributed by atoms with E-state index in [0.29, 0.717) is 25.7 Å². The average Bonchev–Trinajstić information content (AvgIpc) is 0.904. The van der Waals surface area contributed by atoms with Crippen molar-refractivity contribution < 1.29 is 92.6 Å². The predicted octanol–water partition coefficient (Wildman–Crippen LogP) is 7.28. The minimum absolute atomic E-state index is 0.00846. The normalized spacial score (nSPS) is 32.8. The zero-order valence-electron chi connectivity index (χ0n) is 62.6. The molecule has 0 aromatic carbocycles. The standard InChI is InChI=1S/C73H113F8N11O12/c1-13-43(5)61-68(101)86(8)41-59(95)88(10)53-23-16-15-19-32-91(67(53)100)56(37-45-24-27-48(28-25-45)72(76,77)78)66(99)85(7)40-57(93)82-52(29-26-46-35-50(74)60(51(75)36-46)73(79,80)81)65(98)92-39-49(104-14-2)38-55(92)64(97)84-71(30-20-31-71)70(103)90(12)62(47-21-17-18-22-47)69(102)87(9)44(6)34-58(94)89(11)54(33-42(3)4)63(96)83-61/h15-16,42-56,60-62H,13-14,17-41H2,1-12H3,(H,82,93)(H,83,96)(H,84,97)/b16-15-/t43-,44+,45?,46?,48?,49+,50?,51?,52-,53-,54-,55-,56-,60?,61-,62-/m0/s1. The van der Waals surface area contributed by atoms with Gasteiger partial charge in [-0.2, -0.15) is 26.3 Å². The molecule has 23 nitrogen and oxygen atoms in total. The van der Waals surface area contributed by atoms with Crippen LogP contribution >= 0.6 is 0 Å². The van der Waals surface area contributed by atoms with Crippen LogP contribution in [0.5, 0.6) is 0 Å². The second-order valence-corrected chi connectivity index (χ2v) is 31.3. The number of carbonyl (C=O) groups excluding carboxylic acids is 11. The summed E-state index contributed by atoms with van der Waals surface area (Å²) in [4.78, 5) is 175. The van der Waals surface area contributed by atoms with Crippen LogP contribution in [0.3, 0.4) is 0 Å². The first kappa shape index (κ1) is 84.6. The summed E-state index contributed by atoms with van der Waals surface area (Å²) in [6.07, 6.45) is -11.8. The minimum Gasteiger partial charge on any atom is -0.377 e. The first-order chi connectivity index (χ1) is 48.7. The van der Waals surface area contributed by atoms with Crippen molar-refractivity contribution in [2.24, 2.45) is 41.4 Å². The summed E-state index contributed by atoms with van der Waals surface area (Å²) in [6, 6.07) is -10.2. The molecule has 1 spiro atoms. The van der Waals surface area contributed by atoms with E-state index >= 15 is 37.5 Å². The van der Waals surface area contributed by atoms with Crippen LogP contribution in [0.1, 0.15) is 183 Å². The quantitative estimate of drug-likeness (QED) is 0.129. The lowest BCUT2D eigenvalue weighted by Crippen LogP contribution is -2.68. The molecule has 0 aromatic heterocycles. The molecule has 31 heteroatoms. The highest BCUT2D eigenvalue weighted by molar-refractivity contribution is 6.00. The fraction of sp³-hybridized carbons (Fsp3) is 0.822. The third-order valence-electron chi connectivity index (χ3n) is 23.5. The average molecular weight is 1490 g/mol. The highest BCUT2D eigenvalue weighted by atomic mass is 19.4. The summed E-state index contributed by atoms with van der Waals surface area (Å²) in [5.41, 5.74) is -1.60. The van der Waals surface area contributed by atoms with Gasteiger partial charge in [0.25, 0.3) is 0 Å². The van der Waals surface area contributed by atoms with Gasteiger partial charge in [-0.1, -0.05) is 59.1 Å². The van der Waals surface area contributed by atoms with Gasteiger partial charge in [0.05, 0.1) is 25.1 Å². The van der Waals surface area contributed by atoms with Gasteiger partial charge in [0, 0.05) is 80.9 Å². The number of nitrogens with one attached hydrogen (secondary N) is 3. The van der Waals surface area contributed by atoms with Crippen molar-refractivity contribution in [1.82, 2.24) is 55.1 Å². The van der Waals surface area contributed by atoms with Gasteiger partial charge in [0.1, 0.15) is 66.1 Å². The van der Waals surface area contributed by atoms with Crippen molar-refractivity contribution in [2.45, 2.75) is 267 Å². The molecule has 104 heavy (non-hydrogen) atoms. The van der Waals surface area contributed by atoms with Crippen LogP contribution in [0, 0.1) is 41.4 Å². The number of fused-ring (bicyclic) bond motifs is 3. The summed E-state index contributed by atoms with van der Waals surface area (Å²) in [5, 5.41) is 8.48. The molecular formula is C73H113F8N11O12. The number of rotatable bonds is 12. The molecule has 3 aliphatic heterocycles. The third kappa shape index (κ3) is 20.5. The van der Waals surface area contributed by atoms with Crippen LogP contribution in [0.25, 0.3) is 0 Å². The van der Waals surface area contributed by atoms with Crippen molar-refractivity contribution in [3.8, 4) is 0 Å². The number of ether oxygens (including phenoxy) is 1. The van der Waals surface area contributed by atoms with Crippen molar-refractivity contribution in [1.29, 1.82) is 0 Å². The van der Waals surface area contributed by atoms with Gasteiger partial charge in [0.2, 0.25) is 65.0 Å². The highest BCUT2D eigenvalue weighted by Crippen LogP contribution is 2.46. The maximum absolute atomic E-state index is 15.5. The lowest BCUT2D eigenvalue weighted by Gasteiger charge is -2.46. The molecule has 6 fully saturated rings. The lowest BCUT2D eigenvalue weighted by atomic mass is 9.74. The van der Waals surface area contributed by atoms with Crippen LogP contribution < -0.4 is 16.0 Å². The van der Waals surface area contributed by atoms with Gasteiger partial charge < -0.3 is 59.9 Å². The Morgan fingerprint density at radius 1 is 0.615 bits per heavy atom. The van der Waals surface area contributed by atoms with Crippen molar-refractivity contribution in [3.63, 3.8) is 0 Å². The molecule has 2 saturated heterocycles. The summed E-state index contributed by atoms with van der Waals surface area (Å²) < 4.78 is 121. The summed E-state index contributed by atoms with van der Waals surface area (Å²) in [6.45, 7) is 8.83. The number of amides is 11. The van der Waals surface area contributed by atoms with Gasteiger partial charge in [0.15, 0.2) is 0 Å². The summed E-state index contributed by atoms with van der Waals surface area (Å²) >= 11 is 0. The molecule has 7 rings (SSSR count). The SMILES string of the molecule is CCO[C@@H]1C[C@H]2C(=O)NC3(CCC3)C(=O)N(C)[C@@H](C3CCCC3)C(=O)N(C)[C@H](C)CC(=O)N(C)[C@@H](CC(C)C)C(=O)N[C@@H]([C@@H](C)CC)C(=O)N(C)CC(=O)N(C)[C@H]3C/C=C\CCN(C3=O)[C@@H](CC3CCC(C(F)(F)F)CC3)C(=O)N(C)CC(=O)N[C@@H](CCC3CC(F)C(C(F)(F)F)C(F)C3)C(=O)N2C1. The van der Waals surface area contributed by atoms with E-state index in [1.165, 1.54) is 61.9 Å². The van der Waals surface area contributed by atoms with Gasteiger partial charge in [-0.15, -0.1) is 0 Å². The molecule has 12 atom stereocenters. The Kier molecular flexibility index (Phi) is 29.5. The van der Waals surface area contributed by atoms with Crippen molar-refractivity contribution >= 4 is 65.0 Å². The van der Waals surface area contributed by atoms with Crippen molar-refractivity contribution in [2.75, 3.05) is 75.1 Å². The Morgan fingerprint density at radius 2 is 1.24 bits per heavy atom. The second kappa shape index (κ2) is 36.3. The van der Waals surface area contributed by atoms with E-state index in [0.717, 1.165) is 32.4 Å². The molecule has 3 heterocycles. The van der Waals surface area contributed by atoms with E-state index in [4.69, 9.17) is 4.74 Å². The fourth-order valence-corrected chi connectivity index (χ4v) is 16.6. The van der Waals surface area contributed by atoms with Crippen LogP contribution in [-0.2, 0) is 57.5 Å². The molecule has 4 aliphatic carbocycles. The second-order valence-electron chi connectivity index (χ2n) is 31.3. The minimum atomic E-state index is -5.20. The number of carbonyl (C=O) groups is 11. The summed E-state index contributed by atoms with van der Waals surface area (Å²) in [5.74, 6) is -15.2. The molecular weight excluding hydrogens is 1370 g/mol. The molecule has 3 N–H and O–H groups in total. The number of hydrogen-bond donors (Lipinski definition) is 3. The van der Waals surface area contributed by atoms with Crippen LogP contribution in [0.2, 0.25) is 0 Å². The molecule has 11 amide bonds. The lowest BCUT2D eigenvalue weighted by molar-refractivity contribution is -0.219. The number of likely N-dealkylation sites (N-methyl/N-ethyl adjacent to an activating group) is 6. The monoisotopic (exact) mass is 1490 g/mol. The Labute approximate surface area is 606 Å². The highest BCUT2D eigenvalue weighted by Gasteiger charge is 2.56. The van der Waals surface area contributed by atoms with Crippen LogP contribution in [-0.4, -0.2) is 264 Å². The molecule has 2 unspecified atom stereocenters. The fourth-order valence-electron chi connectivity index (χ4n) is 16.6. The number of nitrogens with zero attached hydrogens (tertiary/aromatic N) is 8. The zero-order valence-corrected chi connectivity index (χ0v) is 62.6. The first-order valence-electron chi connectivity index (χ1n) is 37.5. The smallest absolute Gasteiger partial charge is 0.377 e. The molecule has 2 bridgehead atoms. The molecule has 7 aliphatic rings. The van der Waals surface area contributed by atoms with E-state index in [1.807, 2.05) is 13.8 Å². The zero-order chi connectivity index (χ0) is 77.2. The van der Waals surface area contributed by atoms with Gasteiger partial charge in [-0.3, -0.25) is 52.7 Å². The van der Waals surface area contributed by atoms with Crippen LogP contribution in [0.4, 0.5) is 35.1 Å². The van der Waals surface area contributed by atoms with Gasteiger partial charge in [-0.05, 0) is 153 Å². The first-order valence-corrected chi connectivity index (χ1v) is 37.5.